The minimum atomic E-state index is 0.380. The van der Waals surface area contributed by atoms with Crippen molar-refractivity contribution in [2.24, 2.45) is 0 Å². The molecular weight excluding hydrogens is 1150 g/mol. The van der Waals surface area contributed by atoms with Gasteiger partial charge in [0.15, 0.2) is 17.5 Å². The fourth-order valence-electron chi connectivity index (χ4n) is 14.6. The van der Waals surface area contributed by atoms with Crippen molar-refractivity contribution in [3.8, 4) is 85.2 Å². The van der Waals surface area contributed by atoms with Gasteiger partial charge in [0.05, 0.1) is 77.7 Å². The molecule has 7 aromatic heterocycles. The van der Waals surface area contributed by atoms with Crippen LogP contribution in [0.15, 0.2) is 267 Å². The van der Waals surface area contributed by atoms with Crippen molar-refractivity contribution in [1.29, 1.82) is 5.26 Å². The number of hydrogen-bond acceptors (Lipinski definition) is 6. The van der Waals surface area contributed by atoms with E-state index in [-0.39, 0.29) is 0 Å². The van der Waals surface area contributed by atoms with Gasteiger partial charge in [0.2, 0.25) is 0 Å². The lowest BCUT2D eigenvalue weighted by molar-refractivity contribution is 1.06. The molecule has 0 spiro atoms. The molecule has 10 heteroatoms. The quantitative estimate of drug-likeness (QED) is 0.142. The summed E-state index contributed by atoms with van der Waals surface area (Å²) < 4.78 is 9.34. The summed E-state index contributed by atoms with van der Waals surface area (Å²) in [7, 11) is 0. The number of fused-ring (bicyclic) bond motifs is 12. The maximum Gasteiger partial charge on any atom is 0.166 e. The molecule has 0 saturated heterocycles. The zero-order chi connectivity index (χ0) is 62.9. The molecule has 0 saturated carbocycles. The molecule has 0 aliphatic rings. The number of rotatable bonds is 9. The third-order valence-electron chi connectivity index (χ3n) is 18.8. The largest absolute Gasteiger partial charge is 0.309 e. The molecule has 0 bridgehead atoms. The number of nitrogens with zero attached hydrogens (tertiary/aromatic N) is 10. The molecular formula is C84H56N10. The second kappa shape index (κ2) is 21.3. The highest BCUT2D eigenvalue weighted by atomic mass is 15.1. The molecule has 0 aliphatic carbocycles. The Hall–Kier alpha value is -12.6. The van der Waals surface area contributed by atoms with Crippen LogP contribution in [-0.2, 0) is 0 Å². The Labute approximate surface area is 540 Å². The van der Waals surface area contributed by atoms with Gasteiger partial charge in [-0.25, -0.2) is 15.0 Å². The first-order valence-electron chi connectivity index (χ1n) is 31.7. The van der Waals surface area contributed by atoms with Crippen molar-refractivity contribution in [1.82, 2.24) is 43.2 Å². The van der Waals surface area contributed by atoms with Crippen LogP contribution in [0, 0.1) is 39.0 Å². The predicted molar refractivity (Wildman–Crippen MR) is 384 cm³/mol. The van der Waals surface area contributed by atoms with Gasteiger partial charge in [0, 0.05) is 78.3 Å². The summed E-state index contributed by atoms with van der Waals surface area (Å²) in [5.41, 5.74) is 23.4. The summed E-state index contributed by atoms with van der Waals surface area (Å²) in [4.78, 5) is 27.0. The van der Waals surface area contributed by atoms with E-state index in [1.54, 1.807) is 0 Å². The smallest absolute Gasteiger partial charge is 0.166 e. The highest BCUT2D eigenvalue weighted by Crippen LogP contribution is 2.52. The van der Waals surface area contributed by atoms with Crippen molar-refractivity contribution in [2.75, 3.05) is 0 Å². The molecule has 0 atom stereocenters. The highest BCUT2D eigenvalue weighted by molar-refractivity contribution is 6.15. The first-order chi connectivity index (χ1) is 46.2. The van der Waals surface area contributed by atoms with Crippen molar-refractivity contribution in [2.45, 2.75) is 27.7 Å². The lowest BCUT2D eigenvalue weighted by Gasteiger charge is -2.27. The maximum absolute atomic E-state index is 12.9. The van der Waals surface area contributed by atoms with Crippen LogP contribution in [0.5, 0.6) is 0 Å². The monoisotopic (exact) mass is 1200 g/mol. The number of para-hydroxylation sites is 2. The van der Waals surface area contributed by atoms with Crippen LogP contribution in [0.2, 0.25) is 0 Å². The van der Waals surface area contributed by atoms with Crippen LogP contribution in [0.4, 0.5) is 0 Å². The van der Waals surface area contributed by atoms with Gasteiger partial charge >= 0.3 is 0 Å². The van der Waals surface area contributed by atoms with Gasteiger partial charge in [-0.1, -0.05) is 168 Å². The average molecular weight is 1210 g/mol. The topological polar surface area (TPSA) is 108 Å². The second-order valence-corrected chi connectivity index (χ2v) is 24.6. The molecule has 442 valence electrons. The van der Waals surface area contributed by atoms with Gasteiger partial charge in [-0.2, -0.15) is 5.26 Å². The Kier molecular flexibility index (Phi) is 12.3. The minimum absolute atomic E-state index is 0.380. The molecule has 10 nitrogen and oxygen atoms in total. The van der Waals surface area contributed by atoms with Gasteiger partial charge in [0.1, 0.15) is 6.07 Å². The van der Waals surface area contributed by atoms with Crippen LogP contribution >= 0.6 is 0 Å². The van der Waals surface area contributed by atoms with E-state index in [2.05, 4.69) is 234 Å². The van der Waals surface area contributed by atoms with Crippen molar-refractivity contribution >= 4 is 87.5 Å². The van der Waals surface area contributed by atoms with Crippen LogP contribution in [0.1, 0.15) is 27.8 Å². The fraction of sp³-hybridized carbons (Fsp3) is 0.0476. The zero-order valence-electron chi connectivity index (χ0n) is 51.9. The second-order valence-electron chi connectivity index (χ2n) is 24.6. The normalized spacial score (nSPS) is 11.8. The van der Waals surface area contributed by atoms with E-state index < -0.39 is 0 Å². The highest BCUT2D eigenvalue weighted by Gasteiger charge is 2.34. The van der Waals surface area contributed by atoms with E-state index in [4.69, 9.17) is 24.9 Å². The van der Waals surface area contributed by atoms with Crippen LogP contribution < -0.4 is 0 Å². The molecule has 94 heavy (non-hydrogen) atoms. The first kappa shape index (κ1) is 54.4. The average Bonchev–Trinajstić information content (AvgIpc) is 1.29. The van der Waals surface area contributed by atoms with E-state index in [1.165, 1.54) is 43.8 Å². The third kappa shape index (κ3) is 8.38. The summed E-state index contributed by atoms with van der Waals surface area (Å²) in [5, 5.41) is 19.6. The Morgan fingerprint density at radius 3 is 1.07 bits per heavy atom. The number of pyridine rings is 2. The number of aryl methyl sites for hydroxylation is 4. The summed E-state index contributed by atoms with van der Waals surface area (Å²) in [6, 6.07) is 92.8. The third-order valence-corrected chi connectivity index (χ3v) is 18.8. The number of aromatic nitrogens is 9. The zero-order valence-corrected chi connectivity index (χ0v) is 51.9. The Morgan fingerprint density at radius 1 is 0.287 bits per heavy atom. The van der Waals surface area contributed by atoms with E-state index in [1.807, 2.05) is 85.2 Å². The lowest BCUT2D eigenvalue weighted by Crippen LogP contribution is -2.12. The van der Waals surface area contributed by atoms with Crippen LogP contribution in [0.25, 0.3) is 167 Å². The van der Waals surface area contributed by atoms with Gasteiger partial charge in [-0.05, 0) is 148 Å². The van der Waals surface area contributed by atoms with Crippen molar-refractivity contribution in [3.05, 3.63) is 295 Å². The summed E-state index contributed by atoms with van der Waals surface area (Å²) >= 11 is 0. The molecule has 0 fully saturated rings. The Bertz CT molecular complexity index is 5920. The molecule has 0 aliphatic heterocycles. The molecule has 0 N–H and O–H groups in total. The summed E-state index contributed by atoms with van der Waals surface area (Å²) in [5.74, 6) is 1.34. The van der Waals surface area contributed by atoms with Gasteiger partial charge < -0.3 is 18.3 Å². The van der Waals surface area contributed by atoms with Crippen LogP contribution in [0.3, 0.4) is 0 Å². The Balaban J connectivity index is 1.04. The SMILES string of the molecule is Cc1ccc2c(c1)c1cc(C)ccc1n2-c1ccc(-c2c(C#N)c(-n3c4ccccc4c4ncccc43)c(-c3ccc(-n4c5ccc(C)cc5c5cc(C)ccc54)cc3)c(-n3c4ccccc4c4ncccc43)c2-c2nc(-c3ccccc3)nc(-c3ccccc3)n2)cc1. The van der Waals surface area contributed by atoms with Crippen molar-refractivity contribution in [3.63, 3.8) is 0 Å². The van der Waals surface area contributed by atoms with Crippen LogP contribution in [-0.4, -0.2) is 43.2 Å². The number of nitriles is 1. The number of hydrogen-bond donors (Lipinski definition) is 0. The van der Waals surface area contributed by atoms with Gasteiger partial charge in [-0.3, -0.25) is 9.97 Å². The minimum Gasteiger partial charge on any atom is -0.309 e. The standard InChI is InChI=1S/C84H56N10/c1-50-27-39-69-62(45-50)63-46-51(2)28-40-70(63)91(69)58-35-31-54(32-36-58)75-66(49-85)80(93-67-23-13-11-21-60(67)78-73(93)25-15-43-86-78)76(55-33-37-59(38-34-55)92-71-41-29-52(3)47-64(71)65-48-53(4)30-42-72(65)92)81(94-68-24-14-12-22-61(68)79-74(94)26-16-44-87-79)77(75)84-89-82(56-17-7-5-8-18-56)88-83(90-84)57-19-9-6-10-20-57/h5-48H,1-4H3. The fourth-order valence-corrected chi connectivity index (χ4v) is 14.6. The number of benzene rings is 11. The van der Waals surface area contributed by atoms with E-state index >= 15 is 0 Å². The molecule has 18 aromatic rings. The first-order valence-corrected chi connectivity index (χ1v) is 31.7. The molecule has 0 unspecified atom stereocenters. The molecule has 7 heterocycles. The molecule has 0 amide bonds. The van der Waals surface area contributed by atoms with E-state index in [9.17, 15) is 5.26 Å². The van der Waals surface area contributed by atoms with E-state index in [0.29, 0.717) is 39.9 Å². The van der Waals surface area contributed by atoms with Crippen molar-refractivity contribution < 1.29 is 0 Å². The Morgan fingerprint density at radius 2 is 0.649 bits per heavy atom. The molecule has 11 aromatic carbocycles. The molecule has 0 radical (unpaired) electrons. The maximum atomic E-state index is 12.9. The van der Waals surface area contributed by atoms with E-state index in [0.717, 1.165) is 111 Å². The molecule has 18 rings (SSSR count). The van der Waals surface area contributed by atoms with Gasteiger partial charge in [0.25, 0.3) is 0 Å². The van der Waals surface area contributed by atoms with Gasteiger partial charge in [-0.15, -0.1) is 0 Å². The summed E-state index contributed by atoms with van der Waals surface area (Å²) in [6.07, 6.45) is 3.71. The predicted octanol–water partition coefficient (Wildman–Crippen LogP) is 20.5. The summed E-state index contributed by atoms with van der Waals surface area (Å²) in [6.45, 7) is 8.61. The lowest BCUT2D eigenvalue weighted by atomic mass is 9.85.